The van der Waals surface area contributed by atoms with Gasteiger partial charge >= 0.3 is 0 Å². The lowest BCUT2D eigenvalue weighted by molar-refractivity contribution is -0.145. The van der Waals surface area contributed by atoms with Crippen LogP contribution in [-0.4, -0.2) is 18.6 Å². The van der Waals surface area contributed by atoms with Crippen molar-refractivity contribution >= 4 is 23.2 Å². The zero-order valence-corrected chi connectivity index (χ0v) is 14.4. The van der Waals surface area contributed by atoms with Crippen LogP contribution in [0.3, 0.4) is 0 Å². The van der Waals surface area contributed by atoms with E-state index in [1.807, 2.05) is 12.1 Å². The number of hydrogen-bond acceptors (Lipinski definition) is 5. The van der Waals surface area contributed by atoms with Crippen molar-refractivity contribution in [1.29, 1.82) is 10.5 Å². The Bertz CT molecular complexity index is 978. The van der Waals surface area contributed by atoms with Gasteiger partial charge in [0.15, 0.2) is 6.29 Å². The Kier molecular flexibility index (Phi) is 3.54. The maximum absolute atomic E-state index is 13.1. The molecule has 0 radical (unpaired) electrons. The number of halogens is 1. The van der Waals surface area contributed by atoms with E-state index in [4.69, 9.17) is 21.1 Å². The second kappa shape index (κ2) is 5.55. The molecule has 0 unspecified atom stereocenters. The third-order valence-corrected chi connectivity index (χ3v) is 5.02. The number of nitriles is 2. The van der Waals surface area contributed by atoms with Crippen molar-refractivity contribution < 1.29 is 14.3 Å². The molecule has 6 nitrogen and oxygen atoms in total. The van der Waals surface area contributed by atoms with Crippen LogP contribution in [0.4, 0.5) is 5.69 Å². The lowest BCUT2D eigenvalue weighted by atomic mass is 9.80. The first-order chi connectivity index (χ1) is 12.5. The molecule has 128 valence electrons. The highest BCUT2D eigenvalue weighted by Crippen LogP contribution is 2.57. The lowest BCUT2D eigenvalue weighted by Gasteiger charge is -2.28. The SMILES string of the molecule is CN1C(=O)[C@@]2(O[C@H](c3ccc(Cl)cc3)OC2(C#N)C#N)c2ccccc21. The average Bonchev–Trinajstić information content (AvgIpc) is 3.13. The summed E-state index contributed by atoms with van der Waals surface area (Å²) < 4.78 is 11.8. The van der Waals surface area contributed by atoms with Crippen molar-refractivity contribution in [3.8, 4) is 12.1 Å². The topological polar surface area (TPSA) is 86.3 Å². The van der Waals surface area contributed by atoms with Gasteiger partial charge in [-0.3, -0.25) is 4.79 Å². The van der Waals surface area contributed by atoms with Gasteiger partial charge in [-0.15, -0.1) is 0 Å². The molecule has 4 rings (SSSR count). The number of rotatable bonds is 1. The molecule has 1 amide bonds. The van der Waals surface area contributed by atoms with E-state index in [0.29, 0.717) is 21.8 Å². The van der Waals surface area contributed by atoms with E-state index < -0.39 is 23.4 Å². The largest absolute Gasteiger partial charge is 0.321 e. The molecule has 2 aromatic carbocycles. The van der Waals surface area contributed by atoms with Crippen LogP contribution in [0.1, 0.15) is 17.4 Å². The van der Waals surface area contributed by atoms with Crippen molar-refractivity contribution in [1.82, 2.24) is 0 Å². The fraction of sp³-hybridized carbons (Fsp3) is 0.211. The minimum absolute atomic E-state index is 0.437. The predicted octanol–water partition coefficient (Wildman–Crippen LogP) is 3.04. The summed E-state index contributed by atoms with van der Waals surface area (Å²) in [6.07, 6.45) is -1.06. The van der Waals surface area contributed by atoms with Crippen molar-refractivity contribution in [2.24, 2.45) is 0 Å². The summed E-state index contributed by atoms with van der Waals surface area (Å²) in [5.74, 6) is -0.515. The highest BCUT2D eigenvalue weighted by Gasteiger charge is 2.72. The maximum atomic E-state index is 13.1. The van der Waals surface area contributed by atoms with Gasteiger partial charge < -0.3 is 14.4 Å². The van der Waals surface area contributed by atoms with Gasteiger partial charge in [0.2, 0.25) is 5.60 Å². The Morgan fingerprint density at radius 3 is 2.38 bits per heavy atom. The van der Waals surface area contributed by atoms with Crippen LogP contribution in [0.2, 0.25) is 5.02 Å². The van der Waals surface area contributed by atoms with E-state index in [1.165, 1.54) is 4.90 Å². The van der Waals surface area contributed by atoms with E-state index in [9.17, 15) is 15.3 Å². The Morgan fingerprint density at radius 1 is 1.08 bits per heavy atom. The molecular formula is C19H12ClN3O3. The third kappa shape index (κ3) is 1.89. The smallest absolute Gasteiger partial charge is 0.286 e. The van der Waals surface area contributed by atoms with Crippen LogP contribution in [0, 0.1) is 22.7 Å². The van der Waals surface area contributed by atoms with Crippen LogP contribution >= 0.6 is 11.6 Å². The van der Waals surface area contributed by atoms with Gasteiger partial charge in [-0.25, -0.2) is 0 Å². The molecule has 0 aliphatic carbocycles. The standard InChI is InChI=1S/C19H12ClN3O3/c1-23-15-5-3-2-4-14(15)19(17(23)24)18(10-21,11-22)25-16(26-19)12-6-8-13(20)9-7-12/h2-9,16H,1H3/t16-,19+/m1/s1. The van der Waals surface area contributed by atoms with Crippen LogP contribution < -0.4 is 4.90 Å². The van der Waals surface area contributed by atoms with Crippen LogP contribution in [0.15, 0.2) is 48.5 Å². The fourth-order valence-corrected chi connectivity index (χ4v) is 3.61. The predicted molar refractivity (Wildman–Crippen MR) is 91.9 cm³/mol. The summed E-state index contributed by atoms with van der Waals surface area (Å²) in [5, 5.41) is 20.1. The first-order valence-electron chi connectivity index (χ1n) is 7.80. The summed E-state index contributed by atoms with van der Waals surface area (Å²) in [5.41, 5.74) is -2.40. The third-order valence-electron chi connectivity index (χ3n) is 4.77. The van der Waals surface area contributed by atoms with Gasteiger partial charge in [0, 0.05) is 23.2 Å². The molecule has 2 aromatic rings. The molecule has 26 heavy (non-hydrogen) atoms. The highest BCUT2D eigenvalue weighted by molar-refractivity contribution is 6.30. The quantitative estimate of drug-likeness (QED) is 0.775. The van der Waals surface area contributed by atoms with Gasteiger partial charge in [-0.05, 0) is 18.2 Å². The van der Waals surface area contributed by atoms with Crippen molar-refractivity contribution in [2.45, 2.75) is 17.5 Å². The van der Waals surface area contributed by atoms with Gasteiger partial charge in [-0.2, -0.15) is 10.5 Å². The number of carbonyl (C=O) groups excluding carboxylic acids is 1. The molecule has 0 aromatic heterocycles. The summed E-state index contributed by atoms with van der Waals surface area (Å²) in [6, 6.07) is 17.3. The first kappa shape index (κ1) is 16.6. The molecule has 0 bridgehead atoms. The number of hydrogen-bond donors (Lipinski definition) is 0. The Hall–Kier alpha value is -2.90. The number of fused-ring (bicyclic) bond motifs is 2. The zero-order chi connectivity index (χ0) is 18.5. The van der Waals surface area contributed by atoms with Gasteiger partial charge in [0.25, 0.3) is 11.5 Å². The van der Waals surface area contributed by atoms with E-state index in [1.54, 1.807) is 55.6 Å². The number of ether oxygens (including phenoxy) is 2. The number of anilines is 1. The monoisotopic (exact) mass is 365 g/mol. The first-order valence-corrected chi connectivity index (χ1v) is 8.18. The van der Waals surface area contributed by atoms with E-state index in [0.717, 1.165) is 0 Å². The lowest BCUT2D eigenvalue weighted by Crippen LogP contribution is -2.53. The summed E-state index contributed by atoms with van der Waals surface area (Å²) in [7, 11) is 1.58. The van der Waals surface area contributed by atoms with E-state index in [2.05, 4.69) is 0 Å². The molecular weight excluding hydrogens is 354 g/mol. The number of benzene rings is 2. The summed E-state index contributed by atoms with van der Waals surface area (Å²) in [4.78, 5) is 14.5. The minimum Gasteiger partial charge on any atom is -0.321 e. The molecule has 7 heteroatoms. The molecule has 0 saturated carbocycles. The molecule has 2 aliphatic rings. The van der Waals surface area contributed by atoms with Crippen molar-refractivity contribution in [3.05, 3.63) is 64.7 Å². The number of amides is 1. The van der Waals surface area contributed by atoms with Crippen molar-refractivity contribution in [3.63, 3.8) is 0 Å². The van der Waals surface area contributed by atoms with Gasteiger partial charge in [0.05, 0.1) is 5.69 Å². The second-order valence-electron chi connectivity index (χ2n) is 6.09. The second-order valence-corrected chi connectivity index (χ2v) is 6.52. The summed E-state index contributed by atoms with van der Waals surface area (Å²) in [6.45, 7) is 0. The molecule has 2 aliphatic heterocycles. The van der Waals surface area contributed by atoms with E-state index >= 15 is 0 Å². The minimum atomic E-state index is -2.12. The molecule has 1 saturated heterocycles. The number of carbonyl (C=O) groups is 1. The molecule has 2 atom stereocenters. The molecule has 2 heterocycles. The Labute approximate surface area is 154 Å². The van der Waals surface area contributed by atoms with E-state index in [-0.39, 0.29) is 0 Å². The van der Waals surface area contributed by atoms with Crippen LogP contribution in [-0.2, 0) is 19.9 Å². The van der Waals surface area contributed by atoms with Gasteiger partial charge in [0.1, 0.15) is 12.1 Å². The highest BCUT2D eigenvalue weighted by atomic mass is 35.5. The van der Waals surface area contributed by atoms with Crippen molar-refractivity contribution in [2.75, 3.05) is 11.9 Å². The number of nitrogens with zero attached hydrogens (tertiary/aromatic N) is 3. The number of para-hydroxylation sites is 1. The number of likely N-dealkylation sites (N-methyl/N-ethyl adjacent to an activating group) is 1. The fourth-order valence-electron chi connectivity index (χ4n) is 3.48. The van der Waals surface area contributed by atoms with Crippen LogP contribution in [0.25, 0.3) is 0 Å². The molecule has 1 fully saturated rings. The molecule has 1 spiro atoms. The Balaban J connectivity index is 1.92. The van der Waals surface area contributed by atoms with Crippen LogP contribution in [0.5, 0.6) is 0 Å². The average molecular weight is 366 g/mol. The Morgan fingerprint density at radius 2 is 1.73 bits per heavy atom. The zero-order valence-electron chi connectivity index (χ0n) is 13.6. The summed E-state index contributed by atoms with van der Waals surface area (Å²) >= 11 is 5.91. The molecule has 0 N–H and O–H groups in total. The maximum Gasteiger partial charge on any atom is 0.286 e. The van der Waals surface area contributed by atoms with Gasteiger partial charge in [-0.1, -0.05) is 41.9 Å². The normalized spacial score (nSPS) is 25.8.